The Hall–Kier alpha value is -0.836. The van der Waals surface area contributed by atoms with Crippen molar-refractivity contribution >= 4 is 22.4 Å². The molecule has 7 nitrogen and oxygen atoms in total. The number of ketones is 1. The highest BCUT2D eigenvalue weighted by molar-refractivity contribution is 6.74. The fourth-order valence-corrected chi connectivity index (χ4v) is 5.84. The zero-order valence-corrected chi connectivity index (χ0v) is 31.9. The van der Waals surface area contributed by atoms with Gasteiger partial charge in [0.25, 0.3) is 5.78 Å². The Balaban J connectivity index is 5.84. The lowest BCUT2D eigenvalue weighted by atomic mass is 9.92. The Morgan fingerprint density at radius 3 is 1.79 bits per heavy atom. The van der Waals surface area contributed by atoms with Crippen LogP contribution in [-0.2, 0) is 32.6 Å². The fraction of sp³-hybridized carbons (Fsp3) is 0.848. The van der Waals surface area contributed by atoms with Crippen molar-refractivity contribution in [2.75, 3.05) is 34.5 Å². The lowest BCUT2D eigenvalue weighted by Crippen LogP contribution is -2.47. The summed E-state index contributed by atoms with van der Waals surface area (Å²) in [6, 6.07) is 0. The van der Waals surface area contributed by atoms with Crippen molar-refractivity contribution in [3.63, 3.8) is 0 Å². The van der Waals surface area contributed by atoms with E-state index in [2.05, 4.69) is 86.2 Å². The molecule has 0 aliphatic heterocycles. The Kier molecular flexibility index (Phi) is 16.1. The van der Waals surface area contributed by atoms with Gasteiger partial charge in [-0.05, 0) is 81.7 Å². The topological polar surface area (TPSA) is 72.5 Å². The van der Waals surface area contributed by atoms with Crippen LogP contribution in [0.15, 0.2) is 12.7 Å². The molecular formula is C33H64O7Si2. The molecule has 42 heavy (non-hydrogen) atoms. The molecule has 3 unspecified atom stereocenters. The average Bonchev–Trinajstić information content (AvgIpc) is 2.86. The smallest absolute Gasteiger partial charge is 0.264 e. The first kappa shape index (κ1) is 41.2. The van der Waals surface area contributed by atoms with Crippen LogP contribution in [0.3, 0.4) is 0 Å². The Morgan fingerprint density at radius 2 is 1.36 bits per heavy atom. The summed E-state index contributed by atoms with van der Waals surface area (Å²) < 4.78 is 36.1. The summed E-state index contributed by atoms with van der Waals surface area (Å²) in [6.07, 6.45) is 3.00. The third-order valence-corrected chi connectivity index (χ3v) is 18.1. The number of allylic oxidation sites excluding steroid dienone is 1. The normalized spacial score (nSPS) is 15.9. The summed E-state index contributed by atoms with van der Waals surface area (Å²) >= 11 is 0. The second kappa shape index (κ2) is 16.5. The predicted molar refractivity (Wildman–Crippen MR) is 178 cm³/mol. The van der Waals surface area contributed by atoms with Gasteiger partial charge in [-0.1, -0.05) is 53.5 Å². The largest absolute Gasteiger partial charge is 0.417 e. The molecule has 0 aromatic carbocycles. The maximum Gasteiger partial charge on any atom is 0.264 e. The van der Waals surface area contributed by atoms with E-state index in [0.29, 0.717) is 19.6 Å². The minimum atomic E-state index is -1.92. The maximum absolute atomic E-state index is 13.5. The number of carbonyl (C=O) groups is 1. The zero-order chi connectivity index (χ0) is 33.2. The zero-order valence-electron chi connectivity index (χ0n) is 29.9. The lowest BCUT2D eigenvalue weighted by molar-refractivity contribution is -0.257. The molecule has 0 rings (SSSR count). The molecule has 0 radical (unpaired) electrons. The number of hydrogen-bond donors (Lipinski definition) is 0. The molecule has 0 aromatic heterocycles. The van der Waals surface area contributed by atoms with Crippen molar-refractivity contribution in [1.82, 2.24) is 0 Å². The van der Waals surface area contributed by atoms with Gasteiger partial charge in [0.15, 0.2) is 22.4 Å². The SMILES string of the molecule is C=CC(CCO[Si](C)(C)C(C)(C)C)CC(CC(OC)(OC)C(=O)C#CC(C)CO[Si](C)(C)C(C)(C)C)OC(C)(C)OC. The van der Waals surface area contributed by atoms with Crippen molar-refractivity contribution in [2.24, 2.45) is 11.8 Å². The van der Waals surface area contributed by atoms with Crippen LogP contribution < -0.4 is 0 Å². The van der Waals surface area contributed by atoms with Crippen molar-refractivity contribution < 1.29 is 32.6 Å². The van der Waals surface area contributed by atoms with Gasteiger partial charge in [-0.3, -0.25) is 4.79 Å². The molecule has 0 amide bonds. The van der Waals surface area contributed by atoms with Crippen LogP contribution in [-0.4, -0.2) is 74.6 Å². The highest BCUT2D eigenvalue weighted by atomic mass is 28.4. The van der Waals surface area contributed by atoms with E-state index in [1.54, 1.807) is 7.11 Å². The molecule has 0 heterocycles. The van der Waals surface area contributed by atoms with Gasteiger partial charge in [-0.25, -0.2) is 0 Å². The molecule has 9 heteroatoms. The third kappa shape index (κ3) is 13.0. The van der Waals surface area contributed by atoms with Crippen molar-refractivity contribution in [1.29, 1.82) is 0 Å². The molecular weight excluding hydrogens is 565 g/mol. The average molecular weight is 629 g/mol. The van der Waals surface area contributed by atoms with Crippen LogP contribution >= 0.6 is 0 Å². The number of carbonyl (C=O) groups excluding carboxylic acids is 1. The molecule has 3 atom stereocenters. The van der Waals surface area contributed by atoms with E-state index in [4.69, 9.17) is 27.8 Å². The number of rotatable bonds is 18. The van der Waals surface area contributed by atoms with Gasteiger partial charge >= 0.3 is 0 Å². The van der Waals surface area contributed by atoms with E-state index in [9.17, 15) is 4.79 Å². The molecule has 0 fully saturated rings. The number of hydrogen-bond acceptors (Lipinski definition) is 7. The van der Waals surface area contributed by atoms with E-state index >= 15 is 0 Å². The van der Waals surface area contributed by atoms with E-state index in [1.807, 2.05) is 26.8 Å². The van der Waals surface area contributed by atoms with Crippen LogP contribution in [0.25, 0.3) is 0 Å². The summed E-state index contributed by atoms with van der Waals surface area (Å²) in [5, 5.41) is 0.236. The molecule has 0 saturated heterocycles. The van der Waals surface area contributed by atoms with Crippen molar-refractivity contribution in [3.05, 3.63) is 12.7 Å². The lowest BCUT2D eigenvalue weighted by Gasteiger charge is -2.37. The highest BCUT2D eigenvalue weighted by Crippen LogP contribution is 2.38. The van der Waals surface area contributed by atoms with E-state index < -0.39 is 40.1 Å². The maximum atomic E-state index is 13.5. The quantitative estimate of drug-likeness (QED) is 0.0501. The van der Waals surface area contributed by atoms with E-state index in [0.717, 1.165) is 6.42 Å². The van der Waals surface area contributed by atoms with Crippen LogP contribution in [0.5, 0.6) is 0 Å². The van der Waals surface area contributed by atoms with Crippen LogP contribution in [0.2, 0.25) is 36.3 Å². The second-order valence-corrected chi connectivity index (χ2v) is 24.5. The van der Waals surface area contributed by atoms with Crippen LogP contribution in [0.1, 0.15) is 81.6 Å². The molecule has 0 bridgehead atoms. The molecule has 0 N–H and O–H groups in total. The Labute approximate surface area is 261 Å². The van der Waals surface area contributed by atoms with Gasteiger partial charge in [0.2, 0.25) is 5.79 Å². The molecule has 0 saturated carbocycles. The Bertz CT molecular complexity index is 900. The van der Waals surface area contributed by atoms with Gasteiger partial charge in [0.05, 0.1) is 6.10 Å². The van der Waals surface area contributed by atoms with Gasteiger partial charge < -0.3 is 27.8 Å². The number of ether oxygens (including phenoxy) is 4. The van der Waals surface area contributed by atoms with Crippen molar-refractivity contribution in [3.8, 4) is 11.8 Å². The summed E-state index contributed by atoms with van der Waals surface area (Å²) in [4.78, 5) is 13.5. The monoisotopic (exact) mass is 628 g/mol. The van der Waals surface area contributed by atoms with E-state index in [1.165, 1.54) is 14.2 Å². The number of methoxy groups -OCH3 is 3. The second-order valence-electron chi connectivity index (χ2n) is 14.9. The first-order valence-corrected chi connectivity index (χ1v) is 21.0. The minimum Gasteiger partial charge on any atom is -0.417 e. The molecule has 246 valence electrons. The summed E-state index contributed by atoms with van der Waals surface area (Å²) in [5.41, 5.74) is 0. The Morgan fingerprint density at radius 1 is 0.857 bits per heavy atom. The van der Waals surface area contributed by atoms with Crippen LogP contribution in [0.4, 0.5) is 0 Å². The van der Waals surface area contributed by atoms with Crippen molar-refractivity contribution in [2.45, 2.75) is 136 Å². The van der Waals surface area contributed by atoms with Gasteiger partial charge in [0.1, 0.15) is 0 Å². The molecule has 0 aliphatic carbocycles. The van der Waals surface area contributed by atoms with Crippen LogP contribution in [0, 0.1) is 23.7 Å². The van der Waals surface area contributed by atoms with Gasteiger partial charge in [-0.15, -0.1) is 6.58 Å². The summed E-state index contributed by atoms with van der Waals surface area (Å²) in [6.45, 7) is 33.0. The first-order valence-electron chi connectivity index (χ1n) is 15.2. The minimum absolute atomic E-state index is 0.0903. The summed E-state index contributed by atoms with van der Waals surface area (Å²) in [7, 11) is 0.733. The summed E-state index contributed by atoms with van der Waals surface area (Å²) in [5.74, 6) is 2.89. The highest BCUT2D eigenvalue weighted by Gasteiger charge is 2.43. The third-order valence-electron chi connectivity index (χ3n) is 9.03. The molecule has 0 aromatic rings. The van der Waals surface area contributed by atoms with Gasteiger partial charge in [0, 0.05) is 46.9 Å². The first-order chi connectivity index (χ1) is 18.9. The fourth-order valence-electron chi connectivity index (χ4n) is 3.68. The van der Waals surface area contributed by atoms with Gasteiger partial charge in [-0.2, -0.15) is 0 Å². The van der Waals surface area contributed by atoms with E-state index in [-0.39, 0.29) is 28.3 Å². The molecule has 0 aliphatic rings. The molecule has 0 spiro atoms. The predicted octanol–water partition coefficient (Wildman–Crippen LogP) is 7.97. The number of Topliss-reactive ketones (excluding diaryl/α,β-unsaturated/α-hetero) is 1. The standard InChI is InChI=1S/C33H64O7Si2/c1-18-27(21-22-38-41(14,15)30(3,4)5)23-28(40-32(9,10)35-11)24-33(36-12,37-13)29(34)20-19-26(2)25-39-42(16,17)31(6,7)8/h18,26-28H,1,21-25H2,2-17H3.